The van der Waals surface area contributed by atoms with Crippen molar-refractivity contribution in [3.8, 4) is 11.5 Å². The largest absolute Gasteiger partial charge is 0.496 e. The van der Waals surface area contributed by atoms with E-state index in [-0.39, 0.29) is 12.7 Å². The number of benzene rings is 2. The summed E-state index contributed by atoms with van der Waals surface area (Å²) in [7, 11) is 1.65. The first-order valence-electron chi connectivity index (χ1n) is 12.2. The number of carbonyl (C=O) groups is 1. The second kappa shape index (κ2) is 11.6. The van der Waals surface area contributed by atoms with Gasteiger partial charge in [0.1, 0.15) is 18.1 Å². The summed E-state index contributed by atoms with van der Waals surface area (Å²) in [5.41, 5.74) is 4.33. The van der Waals surface area contributed by atoms with Crippen molar-refractivity contribution in [2.24, 2.45) is 5.92 Å². The van der Waals surface area contributed by atoms with E-state index < -0.39 is 11.9 Å². The summed E-state index contributed by atoms with van der Waals surface area (Å²) in [5, 5.41) is 14.0. The van der Waals surface area contributed by atoms with Gasteiger partial charge < -0.3 is 24.9 Å². The third-order valence-corrected chi connectivity index (χ3v) is 6.59. The molecule has 2 aromatic carbocycles. The zero-order chi connectivity index (χ0) is 24.8. The van der Waals surface area contributed by atoms with Crippen molar-refractivity contribution in [2.75, 3.05) is 46.6 Å². The zero-order valence-electron chi connectivity index (χ0n) is 20.4. The monoisotopic (exact) mass is 483 g/mol. The van der Waals surface area contributed by atoms with Gasteiger partial charge in [-0.15, -0.1) is 0 Å². The number of nitrogens with zero attached hydrogens (tertiary/aromatic N) is 1. The molecular weight excluding hydrogens is 449 g/mol. The van der Waals surface area contributed by atoms with Crippen molar-refractivity contribution >= 4 is 16.9 Å². The van der Waals surface area contributed by atoms with Gasteiger partial charge in [-0.3, -0.25) is 14.1 Å². The van der Waals surface area contributed by atoms with Gasteiger partial charge in [-0.2, -0.15) is 0 Å². The lowest BCUT2D eigenvalue weighted by molar-refractivity contribution is -0.141. The Labute approximate surface area is 205 Å². The maximum Gasteiger partial charge on any atom is 0.307 e. The number of aromatic nitrogens is 1. The Morgan fingerprint density at radius 1 is 1.29 bits per heavy atom. The van der Waals surface area contributed by atoms with Crippen LogP contribution >= 0.6 is 0 Å². The summed E-state index contributed by atoms with van der Waals surface area (Å²) in [5.74, 6) is 0.116. The molecule has 0 radical (unpaired) electrons. The first kappa shape index (κ1) is 25.0. The number of fused-ring (bicyclic) bond motifs is 3. The number of H-pyrrole nitrogens is 1. The third-order valence-electron chi connectivity index (χ3n) is 6.59. The molecule has 0 saturated heterocycles. The normalized spacial score (nSPS) is 16.7. The molecule has 35 heavy (non-hydrogen) atoms. The van der Waals surface area contributed by atoms with Gasteiger partial charge in [0, 0.05) is 41.8 Å². The molecule has 0 aliphatic carbocycles. The molecule has 3 N–H and O–H groups in total. The van der Waals surface area contributed by atoms with Gasteiger partial charge in [0.15, 0.2) is 0 Å². The van der Waals surface area contributed by atoms with Crippen LogP contribution in [0.2, 0.25) is 0 Å². The minimum Gasteiger partial charge on any atom is -0.496 e. The van der Waals surface area contributed by atoms with Crippen LogP contribution in [0, 0.1) is 5.92 Å². The Balaban J connectivity index is 1.68. The number of ether oxygens (including phenoxy) is 2. The highest BCUT2D eigenvalue weighted by molar-refractivity contribution is 5.85. The Morgan fingerprint density at radius 2 is 2.11 bits per heavy atom. The van der Waals surface area contributed by atoms with Crippen LogP contribution < -0.4 is 14.8 Å². The molecule has 4 rings (SSSR count). The van der Waals surface area contributed by atoms with Crippen molar-refractivity contribution in [2.45, 2.75) is 25.8 Å². The predicted octanol–water partition coefficient (Wildman–Crippen LogP) is 4.17. The minimum absolute atomic E-state index is 0.200. The van der Waals surface area contributed by atoms with E-state index in [1.54, 1.807) is 14.0 Å². The number of halogens is 1. The average Bonchev–Trinajstić information content (AvgIpc) is 3.24. The predicted molar refractivity (Wildman–Crippen MR) is 134 cm³/mol. The molecule has 188 valence electrons. The summed E-state index contributed by atoms with van der Waals surface area (Å²) in [6, 6.07) is 13.8. The second-order valence-corrected chi connectivity index (χ2v) is 8.99. The van der Waals surface area contributed by atoms with E-state index >= 15 is 0 Å². The third kappa shape index (κ3) is 5.60. The Kier molecular flexibility index (Phi) is 8.25. The molecule has 1 aliphatic rings. The summed E-state index contributed by atoms with van der Waals surface area (Å²) < 4.78 is 24.0. The number of para-hydroxylation sites is 1. The number of aliphatic carboxylic acids is 1. The van der Waals surface area contributed by atoms with Crippen LogP contribution in [-0.4, -0.2) is 67.5 Å². The van der Waals surface area contributed by atoms with Crippen LogP contribution in [0.15, 0.2) is 42.5 Å². The fourth-order valence-electron chi connectivity index (χ4n) is 4.84. The Morgan fingerprint density at radius 3 is 2.89 bits per heavy atom. The van der Waals surface area contributed by atoms with E-state index in [1.165, 1.54) is 10.9 Å². The minimum atomic E-state index is -0.810. The first-order chi connectivity index (χ1) is 17.0. The lowest BCUT2D eigenvalue weighted by Gasteiger charge is -2.37. The summed E-state index contributed by atoms with van der Waals surface area (Å²) in [6.07, 6.45) is 1.33. The molecule has 0 spiro atoms. The van der Waals surface area contributed by atoms with E-state index in [2.05, 4.69) is 27.3 Å². The van der Waals surface area contributed by atoms with E-state index in [1.807, 2.05) is 30.3 Å². The maximum absolute atomic E-state index is 12.3. The zero-order valence-corrected chi connectivity index (χ0v) is 20.4. The number of alkyl halides is 1. The highest BCUT2D eigenvalue weighted by atomic mass is 19.1. The van der Waals surface area contributed by atoms with E-state index in [0.29, 0.717) is 38.4 Å². The smallest absolute Gasteiger partial charge is 0.307 e. The maximum atomic E-state index is 12.3. The number of hydrogen-bond acceptors (Lipinski definition) is 5. The highest BCUT2D eigenvalue weighted by Crippen LogP contribution is 2.42. The first-order valence-corrected chi connectivity index (χ1v) is 12.2. The van der Waals surface area contributed by atoms with E-state index in [9.17, 15) is 14.3 Å². The van der Waals surface area contributed by atoms with Crippen molar-refractivity contribution < 1.29 is 23.8 Å². The summed E-state index contributed by atoms with van der Waals surface area (Å²) in [6.45, 7) is 4.27. The molecule has 1 aliphatic heterocycles. The lowest BCUT2D eigenvalue weighted by Crippen LogP contribution is -2.40. The molecule has 0 amide bonds. The van der Waals surface area contributed by atoms with Crippen LogP contribution in [0.5, 0.6) is 11.5 Å². The Hall–Kier alpha value is -3.10. The van der Waals surface area contributed by atoms with Gasteiger partial charge in [-0.05, 0) is 49.2 Å². The van der Waals surface area contributed by atoms with Gasteiger partial charge in [-0.1, -0.05) is 25.1 Å². The SMILES string of the molecule is COc1ccc(OCCNCCCF)cc1C1c2[nH]c3ccccc3c2CCN1CC(C)C(=O)O. The van der Waals surface area contributed by atoms with Crippen molar-refractivity contribution in [1.82, 2.24) is 15.2 Å². The molecule has 8 heteroatoms. The number of rotatable bonds is 12. The fraction of sp³-hybridized carbons (Fsp3) is 0.444. The number of aromatic amines is 1. The second-order valence-electron chi connectivity index (χ2n) is 8.99. The highest BCUT2D eigenvalue weighted by Gasteiger charge is 2.35. The number of carboxylic acid groups (broad SMARTS) is 1. The average molecular weight is 484 g/mol. The number of hydrogen-bond donors (Lipinski definition) is 3. The van der Waals surface area contributed by atoms with Crippen molar-refractivity contribution in [3.05, 3.63) is 59.3 Å². The molecule has 2 heterocycles. The van der Waals surface area contributed by atoms with E-state index in [4.69, 9.17) is 9.47 Å². The molecule has 3 aromatic rings. The van der Waals surface area contributed by atoms with E-state index in [0.717, 1.165) is 35.5 Å². The molecule has 1 aromatic heterocycles. The quantitative estimate of drug-likeness (QED) is 0.335. The van der Waals surface area contributed by atoms with Crippen LogP contribution in [0.25, 0.3) is 10.9 Å². The molecule has 0 fully saturated rings. The van der Waals surface area contributed by atoms with Crippen LogP contribution in [-0.2, 0) is 11.2 Å². The molecular formula is C27H34FN3O4. The molecule has 0 bridgehead atoms. The van der Waals surface area contributed by atoms with Gasteiger partial charge in [-0.25, -0.2) is 0 Å². The number of nitrogens with one attached hydrogen (secondary N) is 2. The Bertz CT molecular complexity index is 1150. The summed E-state index contributed by atoms with van der Waals surface area (Å²) >= 11 is 0. The molecule has 0 saturated carbocycles. The summed E-state index contributed by atoms with van der Waals surface area (Å²) in [4.78, 5) is 17.5. The van der Waals surface area contributed by atoms with Crippen LogP contribution in [0.4, 0.5) is 4.39 Å². The topological polar surface area (TPSA) is 86.8 Å². The standard InChI is InChI=1S/C27H34FN3O4/c1-18(27(32)33)17-31-14-10-21-20-6-3-4-7-23(20)30-25(21)26(31)22-16-19(8-9-24(22)34-2)35-15-13-29-12-5-11-28/h3-4,6-9,16,18,26,29-30H,5,10-15,17H2,1-2H3,(H,32,33). The van der Waals surface area contributed by atoms with Crippen molar-refractivity contribution in [3.63, 3.8) is 0 Å². The van der Waals surface area contributed by atoms with Gasteiger partial charge in [0.25, 0.3) is 0 Å². The molecule has 7 nitrogen and oxygen atoms in total. The number of methoxy groups -OCH3 is 1. The van der Waals surface area contributed by atoms with Gasteiger partial charge in [0.2, 0.25) is 0 Å². The van der Waals surface area contributed by atoms with Gasteiger partial charge in [0.05, 0.1) is 25.7 Å². The lowest BCUT2D eigenvalue weighted by atomic mass is 9.91. The molecule has 2 unspecified atom stereocenters. The van der Waals surface area contributed by atoms with Crippen molar-refractivity contribution in [1.29, 1.82) is 0 Å². The van der Waals surface area contributed by atoms with Crippen LogP contribution in [0.3, 0.4) is 0 Å². The van der Waals surface area contributed by atoms with Gasteiger partial charge >= 0.3 is 5.97 Å². The number of carboxylic acids is 1. The molecule has 2 atom stereocenters. The fourth-order valence-corrected chi connectivity index (χ4v) is 4.84. The van der Waals surface area contributed by atoms with Crippen LogP contribution in [0.1, 0.15) is 36.2 Å².